The van der Waals surface area contributed by atoms with Gasteiger partial charge in [0, 0.05) is 18.8 Å². The van der Waals surface area contributed by atoms with E-state index in [0.717, 1.165) is 5.56 Å². The maximum absolute atomic E-state index is 12.0. The van der Waals surface area contributed by atoms with Gasteiger partial charge in [0.1, 0.15) is 5.78 Å². The smallest absolute Gasteiger partial charge is 0.310 e. The van der Waals surface area contributed by atoms with E-state index in [9.17, 15) is 14.7 Å². The van der Waals surface area contributed by atoms with Crippen molar-refractivity contribution in [3.63, 3.8) is 0 Å². The van der Waals surface area contributed by atoms with Crippen molar-refractivity contribution in [3.8, 4) is 0 Å². The normalized spacial score (nSPS) is 19.9. The number of hydrogen-bond acceptors (Lipinski definition) is 2. The molecule has 1 saturated carbocycles. The molecule has 0 saturated heterocycles. The van der Waals surface area contributed by atoms with Crippen molar-refractivity contribution in [2.24, 2.45) is 11.3 Å². The van der Waals surface area contributed by atoms with Crippen molar-refractivity contribution in [3.05, 3.63) is 35.9 Å². The molecular formula is C17H22O3. The summed E-state index contributed by atoms with van der Waals surface area (Å²) in [5.74, 6) is -0.388. The highest BCUT2D eigenvalue weighted by Gasteiger charge is 2.49. The van der Waals surface area contributed by atoms with E-state index in [0.29, 0.717) is 25.7 Å². The number of carbonyl (C=O) groups excluding carboxylic acids is 1. The molecule has 1 aliphatic carbocycles. The first-order valence-corrected chi connectivity index (χ1v) is 7.27. The third-order valence-corrected chi connectivity index (χ3v) is 4.55. The van der Waals surface area contributed by atoms with Crippen molar-refractivity contribution < 1.29 is 14.7 Å². The van der Waals surface area contributed by atoms with Crippen LogP contribution in [0.4, 0.5) is 0 Å². The summed E-state index contributed by atoms with van der Waals surface area (Å²) in [4.78, 5) is 23.5. The summed E-state index contributed by atoms with van der Waals surface area (Å²) in [5.41, 5.74) is 0.267. The van der Waals surface area contributed by atoms with Crippen LogP contribution in [-0.4, -0.2) is 16.9 Å². The van der Waals surface area contributed by atoms with Crippen LogP contribution in [0.25, 0.3) is 0 Å². The Hall–Kier alpha value is -1.64. The van der Waals surface area contributed by atoms with E-state index in [4.69, 9.17) is 0 Å². The van der Waals surface area contributed by atoms with Crippen molar-refractivity contribution in [1.82, 2.24) is 0 Å². The van der Waals surface area contributed by atoms with E-state index in [1.165, 1.54) is 0 Å². The molecule has 1 unspecified atom stereocenters. The van der Waals surface area contributed by atoms with Crippen molar-refractivity contribution in [2.45, 2.75) is 45.4 Å². The fourth-order valence-electron chi connectivity index (χ4n) is 3.64. The highest BCUT2D eigenvalue weighted by molar-refractivity contribution is 5.84. The third-order valence-electron chi connectivity index (χ3n) is 4.55. The predicted octanol–water partition coefficient (Wildman–Crippen LogP) is 3.64. The number of carboxylic acids is 1. The molecule has 3 heteroatoms. The monoisotopic (exact) mass is 274 g/mol. The van der Waals surface area contributed by atoms with Crippen LogP contribution in [0.5, 0.6) is 0 Å². The van der Waals surface area contributed by atoms with Gasteiger partial charge >= 0.3 is 5.97 Å². The molecule has 0 radical (unpaired) electrons. The van der Waals surface area contributed by atoms with Crippen molar-refractivity contribution in [1.29, 1.82) is 0 Å². The first-order valence-electron chi connectivity index (χ1n) is 7.27. The molecule has 0 aromatic heterocycles. The second-order valence-electron chi connectivity index (χ2n) is 6.13. The quantitative estimate of drug-likeness (QED) is 0.912. The van der Waals surface area contributed by atoms with E-state index in [1.807, 2.05) is 30.3 Å². The predicted molar refractivity (Wildman–Crippen MR) is 77.6 cm³/mol. The molecule has 20 heavy (non-hydrogen) atoms. The molecule has 1 N–H and O–H groups in total. The number of rotatable bonds is 4. The van der Waals surface area contributed by atoms with Gasteiger partial charge in [-0.2, -0.15) is 0 Å². The summed E-state index contributed by atoms with van der Waals surface area (Å²) in [5, 5.41) is 9.84. The van der Waals surface area contributed by atoms with E-state index < -0.39 is 11.4 Å². The average Bonchev–Trinajstić information content (AvgIpc) is 2.42. The van der Waals surface area contributed by atoms with Gasteiger partial charge in [-0.25, -0.2) is 0 Å². The Kier molecular flexibility index (Phi) is 4.26. The Morgan fingerprint density at radius 3 is 2.15 bits per heavy atom. The lowest BCUT2D eigenvalue weighted by molar-refractivity contribution is -0.155. The van der Waals surface area contributed by atoms with Crippen LogP contribution in [0, 0.1) is 11.3 Å². The minimum absolute atomic E-state index is 0.0469. The Morgan fingerprint density at radius 2 is 1.70 bits per heavy atom. The zero-order valence-electron chi connectivity index (χ0n) is 12.1. The highest BCUT2D eigenvalue weighted by Crippen LogP contribution is 2.50. The van der Waals surface area contributed by atoms with E-state index in [2.05, 4.69) is 13.8 Å². The van der Waals surface area contributed by atoms with Crippen LogP contribution in [0.3, 0.4) is 0 Å². The standard InChI is InChI=1S/C17H22O3/c1-12(2)15(13-6-4-3-5-7-13)17(16(19)20)10-8-14(18)9-11-17/h3-7,12,15H,8-11H2,1-2H3,(H,19,20). The van der Waals surface area contributed by atoms with Crippen LogP contribution in [0.15, 0.2) is 30.3 Å². The van der Waals surface area contributed by atoms with Gasteiger partial charge in [0.2, 0.25) is 0 Å². The molecule has 0 bridgehead atoms. The van der Waals surface area contributed by atoms with E-state index in [1.54, 1.807) is 0 Å². The lowest BCUT2D eigenvalue weighted by atomic mass is 9.60. The number of benzene rings is 1. The largest absolute Gasteiger partial charge is 0.481 e. The minimum Gasteiger partial charge on any atom is -0.481 e. The number of Topliss-reactive ketones (excluding diaryl/α,β-unsaturated/α-hetero) is 1. The lowest BCUT2D eigenvalue weighted by Gasteiger charge is -2.42. The number of carboxylic acid groups (broad SMARTS) is 1. The van der Waals surface area contributed by atoms with Crippen LogP contribution >= 0.6 is 0 Å². The fourth-order valence-corrected chi connectivity index (χ4v) is 3.64. The molecule has 1 fully saturated rings. The molecule has 1 aromatic carbocycles. The Bertz CT molecular complexity index is 480. The zero-order chi connectivity index (χ0) is 14.8. The molecule has 3 nitrogen and oxygen atoms in total. The molecule has 108 valence electrons. The second-order valence-corrected chi connectivity index (χ2v) is 6.13. The Balaban J connectivity index is 2.44. The van der Waals surface area contributed by atoms with Crippen molar-refractivity contribution >= 4 is 11.8 Å². The molecule has 0 heterocycles. The molecule has 1 atom stereocenters. The van der Waals surface area contributed by atoms with Gasteiger partial charge in [-0.15, -0.1) is 0 Å². The molecule has 0 spiro atoms. The second kappa shape index (κ2) is 5.78. The number of hydrogen-bond donors (Lipinski definition) is 1. The molecule has 1 aromatic rings. The third kappa shape index (κ3) is 2.62. The lowest BCUT2D eigenvalue weighted by Crippen LogP contribution is -2.42. The molecule has 1 aliphatic rings. The first kappa shape index (κ1) is 14.8. The van der Waals surface area contributed by atoms with Gasteiger partial charge in [-0.05, 0) is 24.3 Å². The van der Waals surface area contributed by atoms with E-state index >= 15 is 0 Å². The summed E-state index contributed by atoms with van der Waals surface area (Å²) in [6.45, 7) is 4.14. The van der Waals surface area contributed by atoms with Gasteiger partial charge in [0.15, 0.2) is 0 Å². The zero-order valence-corrected chi connectivity index (χ0v) is 12.1. The summed E-state index contributed by atoms with van der Waals surface area (Å²) < 4.78 is 0. The average molecular weight is 274 g/mol. The van der Waals surface area contributed by atoms with Gasteiger partial charge in [0.05, 0.1) is 5.41 Å². The summed E-state index contributed by atoms with van der Waals surface area (Å²) in [7, 11) is 0. The topological polar surface area (TPSA) is 54.4 Å². The van der Waals surface area contributed by atoms with Gasteiger partial charge in [-0.1, -0.05) is 44.2 Å². The summed E-state index contributed by atoms with van der Waals surface area (Å²) in [6, 6.07) is 9.86. The van der Waals surface area contributed by atoms with Gasteiger partial charge < -0.3 is 5.11 Å². The number of ketones is 1. The SMILES string of the molecule is CC(C)C(c1ccccc1)C1(C(=O)O)CCC(=O)CC1. The minimum atomic E-state index is -0.802. The number of aliphatic carboxylic acids is 1. The van der Waals surface area contributed by atoms with Crippen LogP contribution in [0.2, 0.25) is 0 Å². The number of carbonyl (C=O) groups is 2. The summed E-state index contributed by atoms with van der Waals surface area (Å²) >= 11 is 0. The highest BCUT2D eigenvalue weighted by atomic mass is 16.4. The van der Waals surface area contributed by atoms with Gasteiger partial charge in [-0.3, -0.25) is 9.59 Å². The van der Waals surface area contributed by atoms with E-state index in [-0.39, 0.29) is 17.6 Å². The van der Waals surface area contributed by atoms with Crippen LogP contribution in [0.1, 0.15) is 51.0 Å². The van der Waals surface area contributed by atoms with Crippen LogP contribution in [-0.2, 0) is 9.59 Å². The maximum atomic E-state index is 12.0. The molecule has 2 rings (SSSR count). The maximum Gasteiger partial charge on any atom is 0.310 e. The van der Waals surface area contributed by atoms with Gasteiger partial charge in [0.25, 0.3) is 0 Å². The summed E-state index contributed by atoms with van der Waals surface area (Å²) in [6.07, 6.45) is 1.70. The Morgan fingerprint density at radius 1 is 1.15 bits per heavy atom. The molecule has 0 aliphatic heterocycles. The molecule has 0 amide bonds. The Labute approximate surface area is 120 Å². The molecular weight excluding hydrogens is 252 g/mol. The van der Waals surface area contributed by atoms with Crippen LogP contribution < -0.4 is 0 Å². The van der Waals surface area contributed by atoms with Crippen molar-refractivity contribution in [2.75, 3.05) is 0 Å². The first-order chi connectivity index (χ1) is 9.47. The fraction of sp³-hybridized carbons (Fsp3) is 0.529.